The number of aliphatic hydroxyl groups is 1. The maximum atomic E-state index is 10.3. The first-order valence-electron chi connectivity index (χ1n) is 6.52. The Hall–Kier alpha value is -0.900. The van der Waals surface area contributed by atoms with Crippen molar-refractivity contribution in [2.24, 2.45) is 0 Å². The number of aryl methyl sites for hydroxylation is 1. The maximum Gasteiger partial charge on any atom is 0.0919 e. The fourth-order valence-electron chi connectivity index (χ4n) is 2.05. The predicted molar refractivity (Wildman–Crippen MR) is 74.7 cm³/mol. The highest BCUT2D eigenvalue weighted by atomic mass is 16.5. The summed E-state index contributed by atoms with van der Waals surface area (Å²) in [7, 11) is 1.70. The highest BCUT2D eigenvalue weighted by Crippen LogP contribution is 2.19. The lowest BCUT2D eigenvalue weighted by molar-refractivity contribution is 0.0718. The lowest BCUT2D eigenvalue weighted by atomic mass is 10.0. The van der Waals surface area contributed by atoms with Gasteiger partial charge in [-0.1, -0.05) is 24.3 Å². The Labute approximate surface area is 110 Å². The van der Waals surface area contributed by atoms with Crippen molar-refractivity contribution in [2.45, 2.75) is 32.9 Å². The molecule has 1 aromatic rings. The first-order valence-corrected chi connectivity index (χ1v) is 6.52. The Kier molecular flexibility index (Phi) is 6.33. The van der Waals surface area contributed by atoms with E-state index in [1.807, 2.05) is 31.2 Å². The average Bonchev–Trinajstić information content (AvgIpc) is 2.34. The molecule has 1 atom stereocenters. The second-order valence-corrected chi connectivity index (χ2v) is 4.95. The number of rotatable bonds is 7. The van der Waals surface area contributed by atoms with E-state index in [-0.39, 0.29) is 0 Å². The van der Waals surface area contributed by atoms with Gasteiger partial charge in [0, 0.05) is 26.2 Å². The summed E-state index contributed by atoms with van der Waals surface area (Å²) in [5, 5.41) is 10.3. The molecule has 0 amide bonds. The first kappa shape index (κ1) is 15.2. The van der Waals surface area contributed by atoms with E-state index in [4.69, 9.17) is 4.74 Å². The fraction of sp³-hybridized carbons (Fsp3) is 0.600. The van der Waals surface area contributed by atoms with Crippen LogP contribution in [0, 0.1) is 6.92 Å². The van der Waals surface area contributed by atoms with E-state index in [1.54, 1.807) is 7.11 Å². The summed E-state index contributed by atoms with van der Waals surface area (Å²) in [5.74, 6) is 0. The molecule has 18 heavy (non-hydrogen) atoms. The Bertz CT molecular complexity index is 352. The quantitative estimate of drug-likeness (QED) is 0.807. The number of hydrogen-bond donors (Lipinski definition) is 1. The Morgan fingerprint density at radius 3 is 2.50 bits per heavy atom. The van der Waals surface area contributed by atoms with E-state index in [2.05, 4.69) is 18.7 Å². The zero-order valence-corrected chi connectivity index (χ0v) is 11.9. The fourth-order valence-corrected chi connectivity index (χ4v) is 2.05. The maximum absolute atomic E-state index is 10.3. The van der Waals surface area contributed by atoms with Gasteiger partial charge in [0.05, 0.1) is 12.7 Å². The molecular formula is C15H25NO2. The molecule has 0 aliphatic heterocycles. The molecule has 0 spiro atoms. The van der Waals surface area contributed by atoms with E-state index in [0.717, 1.165) is 17.7 Å². The van der Waals surface area contributed by atoms with Crippen molar-refractivity contribution in [2.75, 3.05) is 26.8 Å². The van der Waals surface area contributed by atoms with Crippen LogP contribution in [-0.2, 0) is 4.74 Å². The molecule has 1 aromatic carbocycles. The lowest BCUT2D eigenvalue weighted by Crippen LogP contribution is -2.37. The molecule has 3 nitrogen and oxygen atoms in total. The van der Waals surface area contributed by atoms with Crippen LogP contribution in [0.3, 0.4) is 0 Å². The Balaban J connectivity index is 2.66. The molecule has 0 aliphatic carbocycles. The monoisotopic (exact) mass is 251 g/mol. The van der Waals surface area contributed by atoms with E-state index < -0.39 is 6.10 Å². The minimum atomic E-state index is -0.439. The van der Waals surface area contributed by atoms with Crippen LogP contribution in [0.5, 0.6) is 0 Å². The van der Waals surface area contributed by atoms with Gasteiger partial charge in [0.2, 0.25) is 0 Å². The zero-order valence-electron chi connectivity index (χ0n) is 11.9. The van der Waals surface area contributed by atoms with Gasteiger partial charge in [-0.2, -0.15) is 0 Å². The molecule has 0 heterocycles. The second-order valence-electron chi connectivity index (χ2n) is 4.95. The summed E-state index contributed by atoms with van der Waals surface area (Å²) < 4.78 is 5.11. The summed E-state index contributed by atoms with van der Waals surface area (Å²) in [5.41, 5.74) is 2.15. The van der Waals surface area contributed by atoms with E-state index in [0.29, 0.717) is 19.2 Å². The van der Waals surface area contributed by atoms with Gasteiger partial charge in [0.15, 0.2) is 0 Å². The summed E-state index contributed by atoms with van der Waals surface area (Å²) in [6.45, 7) is 8.50. The van der Waals surface area contributed by atoms with Crippen LogP contribution in [0.1, 0.15) is 31.1 Å². The third kappa shape index (κ3) is 4.41. The van der Waals surface area contributed by atoms with Crippen LogP contribution in [0.25, 0.3) is 0 Å². The first-order chi connectivity index (χ1) is 8.56. The number of ether oxygens (including phenoxy) is 1. The summed E-state index contributed by atoms with van der Waals surface area (Å²) in [6, 6.07) is 8.40. The van der Waals surface area contributed by atoms with E-state index in [9.17, 15) is 5.11 Å². The highest BCUT2D eigenvalue weighted by molar-refractivity contribution is 5.27. The molecule has 102 valence electrons. The minimum absolute atomic E-state index is 0.402. The molecule has 0 aliphatic rings. The Morgan fingerprint density at radius 1 is 1.28 bits per heavy atom. The number of benzene rings is 1. The molecular weight excluding hydrogens is 226 g/mol. The van der Waals surface area contributed by atoms with Gasteiger partial charge in [-0.05, 0) is 31.9 Å². The van der Waals surface area contributed by atoms with Crippen LogP contribution in [0.4, 0.5) is 0 Å². The standard InChI is InChI=1S/C15H25NO2/c1-12(2)16(9-10-18-4)11-15(17)14-8-6-5-7-13(14)3/h5-8,12,15,17H,9-11H2,1-4H3. The second kappa shape index (κ2) is 7.52. The smallest absolute Gasteiger partial charge is 0.0919 e. The van der Waals surface area contributed by atoms with Gasteiger partial charge in [-0.25, -0.2) is 0 Å². The van der Waals surface area contributed by atoms with Gasteiger partial charge >= 0.3 is 0 Å². The summed E-state index contributed by atoms with van der Waals surface area (Å²) >= 11 is 0. The molecule has 0 saturated heterocycles. The third-order valence-corrected chi connectivity index (χ3v) is 3.27. The SMILES string of the molecule is COCCN(CC(O)c1ccccc1C)C(C)C. The number of nitrogens with zero attached hydrogens (tertiary/aromatic N) is 1. The highest BCUT2D eigenvalue weighted by Gasteiger charge is 2.16. The summed E-state index contributed by atoms with van der Waals surface area (Å²) in [6.07, 6.45) is -0.439. The van der Waals surface area contributed by atoms with Crippen LogP contribution >= 0.6 is 0 Å². The van der Waals surface area contributed by atoms with Crippen LogP contribution in [0.2, 0.25) is 0 Å². The molecule has 1 rings (SSSR count). The van der Waals surface area contributed by atoms with Gasteiger partial charge in [0.1, 0.15) is 0 Å². The van der Waals surface area contributed by atoms with Crippen molar-refractivity contribution in [1.82, 2.24) is 4.90 Å². The molecule has 0 fully saturated rings. The molecule has 0 saturated carbocycles. The predicted octanol–water partition coefficient (Wildman–Crippen LogP) is 2.39. The number of methoxy groups -OCH3 is 1. The van der Waals surface area contributed by atoms with Crippen LogP contribution in [-0.4, -0.2) is 42.9 Å². The molecule has 0 aromatic heterocycles. The van der Waals surface area contributed by atoms with Crippen molar-refractivity contribution in [3.05, 3.63) is 35.4 Å². The van der Waals surface area contributed by atoms with Crippen molar-refractivity contribution < 1.29 is 9.84 Å². The van der Waals surface area contributed by atoms with Crippen molar-refractivity contribution in [1.29, 1.82) is 0 Å². The van der Waals surface area contributed by atoms with Crippen LogP contribution in [0.15, 0.2) is 24.3 Å². The largest absolute Gasteiger partial charge is 0.387 e. The van der Waals surface area contributed by atoms with Crippen molar-refractivity contribution >= 4 is 0 Å². The topological polar surface area (TPSA) is 32.7 Å². The molecule has 0 bridgehead atoms. The number of aliphatic hydroxyl groups excluding tert-OH is 1. The zero-order chi connectivity index (χ0) is 13.5. The molecule has 3 heteroatoms. The van der Waals surface area contributed by atoms with Gasteiger partial charge in [-0.3, -0.25) is 4.90 Å². The molecule has 0 radical (unpaired) electrons. The Morgan fingerprint density at radius 2 is 1.94 bits per heavy atom. The normalized spacial score (nSPS) is 13.3. The van der Waals surface area contributed by atoms with Crippen molar-refractivity contribution in [3.8, 4) is 0 Å². The van der Waals surface area contributed by atoms with E-state index in [1.165, 1.54) is 0 Å². The lowest BCUT2D eigenvalue weighted by Gasteiger charge is -2.29. The van der Waals surface area contributed by atoms with Gasteiger partial charge in [-0.15, -0.1) is 0 Å². The number of hydrogen-bond acceptors (Lipinski definition) is 3. The van der Waals surface area contributed by atoms with E-state index >= 15 is 0 Å². The third-order valence-electron chi connectivity index (χ3n) is 3.27. The molecule has 1 N–H and O–H groups in total. The van der Waals surface area contributed by atoms with Gasteiger partial charge in [0.25, 0.3) is 0 Å². The van der Waals surface area contributed by atoms with Crippen LogP contribution < -0.4 is 0 Å². The van der Waals surface area contributed by atoms with Gasteiger partial charge < -0.3 is 9.84 Å². The average molecular weight is 251 g/mol. The molecule has 1 unspecified atom stereocenters. The minimum Gasteiger partial charge on any atom is -0.387 e. The summed E-state index contributed by atoms with van der Waals surface area (Å²) in [4.78, 5) is 2.24. The van der Waals surface area contributed by atoms with Crippen molar-refractivity contribution in [3.63, 3.8) is 0 Å².